The van der Waals surface area contributed by atoms with Crippen molar-refractivity contribution in [2.75, 3.05) is 0 Å². The van der Waals surface area contributed by atoms with Gasteiger partial charge in [0.1, 0.15) is 5.76 Å². The van der Waals surface area contributed by atoms with Crippen molar-refractivity contribution in [3.05, 3.63) is 21.7 Å². The van der Waals surface area contributed by atoms with Crippen LogP contribution in [0.4, 0.5) is 0 Å². The smallest absolute Gasteiger partial charge is 0.283 e. The van der Waals surface area contributed by atoms with Gasteiger partial charge in [-0.1, -0.05) is 13.8 Å². The SMILES string of the molecule is CCC(CC)c1c(C)o[nH]c1=O. The van der Waals surface area contributed by atoms with Crippen LogP contribution in [-0.2, 0) is 0 Å². The average molecular weight is 169 g/mol. The van der Waals surface area contributed by atoms with Crippen molar-refractivity contribution >= 4 is 0 Å². The molecule has 3 nitrogen and oxygen atoms in total. The molecule has 1 N–H and O–H groups in total. The summed E-state index contributed by atoms with van der Waals surface area (Å²) in [6.45, 7) is 5.99. The van der Waals surface area contributed by atoms with Crippen LogP contribution in [-0.4, -0.2) is 5.16 Å². The lowest BCUT2D eigenvalue weighted by Gasteiger charge is -2.07. The molecule has 1 aromatic rings. The van der Waals surface area contributed by atoms with Gasteiger partial charge in [-0.05, 0) is 25.7 Å². The zero-order valence-electron chi connectivity index (χ0n) is 7.81. The Morgan fingerprint density at radius 1 is 1.42 bits per heavy atom. The zero-order chi connectivity index (χ0) is 9.14. The molecule has 0 atom stereocenters. The fourth-order valence-electron chi connectivity index (χ4n) is 1.56. The van der Waals surface area contributed by atoms with E-state index in [2.05, 4.69) is 19.0 Å². The van der Waals surface area contributed by atoms with Crippen LogP contribution in [0.15, 0.2) is 9.32 Å². The number of rotatable bonds is 3. The predicted molar refractivity (Wildman–Crippen MR) is 47.4 cm³/mol. The molecular formula is C9H15NO2. The van der Waals surface area contributed by atoms with Crippen LogP contribution in [0.25, 0.3) is 0 Å². The van der Waals surface area contributed by atoms with Gasteiger partial charge in [-0.2, -0.15) is 5.16 Å². The van der Waals surface area contributed by atoms with Gasteiger partial charge >= 0.3 is 0 Å². The molecule has 0 aliphatic carbocycles. The maximum Gasteiger partial charge on any atom is 0.283 e. The zero-order valence-corrected chi connectivity index (χ0v) is 7.81. The van der Waals surface area contributed by atoms with Crippen LogP contribution in [0.3, 0.4) is 0 Å². The summed E-state index contributed by atoms with van der Waals surface area (Å²) in [5.41, 5.74) is 0.751. The van der Waals surface area contributed by atoms with Gasteiger partial charge in [0.15, 0.2) is 0 Å². The van der Waals surface area contributed by atoms with E-state index in [4.69, 9.17) is 4.52 Å². The molecule has 1 heterocycles. The van der Waals surface area contributed by atoms with E-state index < -0.39 is 0 Å². The summed E-state index contributed by atoms with van der Waals surface area (Å²) in [7, 11) is 0. The summed E-state index contributed by atoms with van der Waals surface area (Å²) in [4.78, 5) is 11.2. The molecule has 0 aromatic carbocycles. The molecule has 1 aromatic heterocycles. The Morgan fingerprint density at radius 2 is 2.00 bits per heavy atom. The standard InChI is InChI=1S/C9H15NO2/c1-4-7(5-2)8-6(3)12-10-9(8)11/h7H,4-5H2,1-3H3,(H,10,11). The lowest BCUT2D eigenvalue weighted by molar-refractivity contribution is 0.390. The number of hydrogen-bond acceptors (Lipinski definition) is 2. The molecule has 68 valence electrons. The van der Waals surface area contributed by atoms with Crippen LogP contribution < -0.4 is 5.56 Å². The molecule has 0 saturated carbocycles. The summed E-state index contributed by atoms with van der Waals surface area (Å²) in [6, 6.07) is 0. The highest BCUT2D eigenvalue weighted by atomic mass is 16.5. The van der Waals surface area contributed by atoms with Crippen molar-refractivity contribution in [1.82, 2.24) is 5.16 Å². The van der Waals surface area contributed by atoms with Crippen molar-refractivity contribution in [1.29, 1.82) is 0 Å². The molecule has 1 rings (SSSR count). The minimum absolute atomic E-state index is 0.0683. The van der Waals surface area contributed by atoms with Crippen LogP contribution in [0.5, 0.6) is 0 Å². The summed E-state index contributed by atoms with van der Waals surface area (Å²) >= 11 is 0. The molecule has 0 fully saturated rings. The molecule has 0 spiro atoms. The van der Waals surface area contributed by atoms with Gasteiger partial charge in [0.05, 0.1) is 5.56 Å². The first-order chi connectivity index (χ1) is 5.70. The Hall–Kier alpha value is -0.990. The summed E-state index contributed by atoms with van der Waals surface area (Å²) in [5, 5.41) is 2.36. The number of aromatic amines is 1. The largest absolute Gasteiger partial charge is 0.384 e. The molecule has 3 heteroatoms. The summed E-state index contributed by atoms with van der Waals surface area (Å²) in [5.74, 6) is 1.07. The Bertz CT molecular complexity index is 294. The predicted octanol–water partition coefficient (Wildman–Crippen LogP) is 2.18. The van der Waals surface area contributed by atoms with Crippen molar-refractivity contribution in [3.8, 4) is 0 Å². The first-order valence-electron chi connectivity index (χ1n) is 4.38. The van der Waals surface area contributed by atoms with E-state index in [-0.39, 0.29) is 5.56 Å². The van der Waals surface area contributed by atoms with E-state index in [1.807, 2.05) is 6.92 Å². The highest BCUT2D eigenvalue weighted by Crippen LogP contribution is 2.22. The van der Waals surface area contributed by atoms with Crippen LogP contribution >= 0.6 is 0 Å². The lowest BCUT2D eigenvalue weighted by Crippen LogP contribution is -2.10. The van der Waals surface area contributed by atoms with Crippen LogP contribution in [0.2, 0.25) is 0 Å². The summed E-state index contributed by atoms with van der Waals surface area (Å²) in [6.07, 6.45) is 1.97. The molecule has 0 amide bonds. The van der Waals surface area contributed by atoms with Gasteiger partial charge in [0, 0.05) is 0 Å². The highest BCUT2D eigenvalue weighted by molar-refractivity contribution is 5.17. The van der Waals surface area contributed by atoms with E-state index in [0.29, 0.717) is 5.92 Å². The first kappa shape index (κ1) is 9.10. The number of nitrogens with one attached hydrogen (secondary N) is 1. The number of aromatic nitrogens is 1. The van der Waals surface area contributed by atoms with Crippen LogP contribution in [0.1, 0.15) is 43.9 Å². The van der Waals surface area contributed by atoms with Crippen molar-refractivity contribution in [3.63, 3.8) is 0 Å². The second-order valence-electron chi connectivity index (χ2n) is 3.02. The molecule has 0 aliphatic heterocycles. The second kappa shape index (κ2) is 3.61. The Balaban J connectivity index is 3.06. The maximum absolute atomic E-state index is 11.2. The minimum Gasteiger partial charge on any atom is -0.384 e. The second-order valence-corrected chi connectivity index (χ2v) is 3.02. The van der Waals surface area contributed by atoms with Gasteiger partial charge in [0.25, 0.3) is 5.56 Å². The Labute approximate surface area is 71.7 Å². The van der Waals surface area contributed by atoms with Gasteiger partial charge in [-0.15, -0.1) is 0 Å². The number of aryl methyl sites for hydroxylation is 1. The van der Waals surface area contributed by atoms with E-state index in [1.54, 1.807) is 0 Å². The van der Waals surface area contributed by atoms with E-state index in [0.717, 1.165) is 24.2 Å². The Morgan fingerprint density at radius 3 is 2.33 bits per heavy atom. The summed E-state index contributed by atoms with van der Waals surface area (Å²) < 4.78 is 4.94. The van der Waals surface area contributed by atoms with Gasteiger partial charge < -0.3 is 4.52 Å². The first-order valence-corrected chi connectivity index (χ1v) is 4.38. The number of hydrogen-bond donors (Lipinski definition) is 1. The third kappa shape index (κ3) is 1.44. The number of H-pyrrole nitrogens is 1. The Kier molecular flexibility index (Phi) is 2.74. The molecule has 0 bridgehead atoms. The van der Waals surface area contributed by atoms with Crippen LogP contribution in [0, 0.1) is 6.92 Å². The molecule has 0 aliphatic rings. The lowest BCUT2D eigenvalue weighted by atomic mass is 9.95. The van der Waals surface area contributed by atoms with Crippen molar-refractivity contribution in [2.45, 2.75) is 39.5 Å². The van der Waals surface area contributed by atoms with E-state index in [1.165, 1.54) is 0 Å². The van der Waals surface area contributed by atoms with E-state index >= 15 is 0 Å². The quantitative estimate of drug-likeness (QED) is 0.753. The monoisotopic (exact) mass is 169 g/mol. The molecule has 0 unspecified atom stereocenters. The normalized spacial score (nSPS) is 11.0. The van der Waals surface area contributed by atoms with Crippen molar-refractivity contribution in [2.24, 2.45) is 0 Å². The third-order valence-electron chi connectivity index (χ3n) is 2.31. The molecule has 0 saturated heterocycles. The molecular weight excluding hydrogens is 154 g/mol. The fraction of sp³-hybridized carbons (Fsp3) is 0.667. The topological polar surface area (TPSA) is 46.0 Å². The molecule has 0 radical (unpaired) electrons. The average Bonchev–Trinajstić information content (AvgIpc) is 2.38. The maximum atomic E-state index is 11.2. The van der Waals surface area contributed by atoms with E-state index in [9.17, 15) is 4.79 Å². The molecule has 12 heavy (non-hydrogen) atoms. The van der Waals surface area contributed by atoms with Gasteiger partial charge in [-0.25, -0.2) is 0 Å². The third-order valence-corrected chi connectivity index (χ3v) is 2.31. The van der Waals surface area contributed by atoms with Crippen molar-refractivity contribution < 1.29 is 4.52 Å². The fourth-order valence-corrected chi connectivity index (χ4v) is 1.56. The minimum atomic E-state index is -0.0683. The van der Waals surface area contributed by atoms with Gasteiger partial charge in [0.2, 0.25) is 0 Å². The highest BCUT2D eigenvalue weighted by Gasteiger charge is 2.16. The van der Waals surface area contributed by atoms with Gasteiger partial charge in [-0.3, -0.25) is 4.79 Å².